The number of benzene rings is 1. The summed E-state index contributed by atoms with van der Waals surface area (Å²) in [6.07, 6.45) is -0.398. The molecule has 0 unspecified atom stereocenters. The molecule has 0 heterocycles. The fourth-order valence-corrected chi connectivity index (χ4v) is 2.00. The number of rotatable bonds is 4. The van der Waals surface area contributed by atoms with Crippen molar-refractivity contribution in [2.24, 2.45) is 0 Å². The SMILES string of the molecule is CC(C)NC(=O)OCC(C)(C)c1ccccc1Cl. The van der Waals surface area contributed by atoms with Gasteiger partial charge in [0.1, 0.15) is 6.61 Å². The predicted octanol–water partition coefficient (Wildman–Crippen LogP) is 3.75. The van der Waals surface area contributed by atoms with Gasteiger partial charge in [0.25, 0.3) is 0 Å². The van der Waals surface area contributed by atoms with Crippen molar-refractivity contribution in [3.8, 4) is 0 Å². The standard InChI is InChI=1S/C14H20ClNO2/c1-10(2)16-13(17)18-9-14(3,4)11-7-5-6-8-12(11)15/h5-8,10H,9H2,1-4H3,(H,16,17). The highest BCUT2D eigenvalue weighted by Crippen LogP contribution is 2.29. The smallest absolute Gasteiger partial charge is 0.407 e. The lowest BCUT2D eigenvalue weighted by molar-refractivity contribution is 0.121. The van der Waals surface area contributed by atoms with E-state index in [0.29, 0.717) is 5.02 Å². The summed E-state index contributed by atoms with van der Waals surface area (Å²) in [5, 5.41) is 3.38. The topological polar surface area (TPSA) is 38.3 Å². The molecule has 0 spiro atoms. The second kappa shape index (κ2) is 6.10. The third kappa shape index (κ3) is 4.22. The molecule has 1 N–H and O–H groups in total. The van der Waals surface area contributed by atoms with Crippen LogP contribution in [0.4, 0.5) is 4.79 Å². The van der Waals surface area contributed by atoms with Gasteiger partial charge in [-0.05, 0) is 25.5 Å². The number of halogens is 1. The van der Waals surface area contributed by atoms with Crippen molar-refractivity contribution in [3.05, 3.63) is 34.9 Å². The monoisotopic (exact) mass is 269 g/mol. The number of amides is 1. The molecule has 4 heteroatoms. The molecule has 0 atom stereocenters. The fourth-order valence-electron chi connectivity index (χ4n) is 1.61. The van der Waals surface area contributed by atoms with Gasteiger partial charge >= 0.3 is 6.09 Å². The van der Waals surface area contributed by atoms with E-state index in [9.17, 15) is 4.79 Å². The minimum Gasteiger partial charge on any atom is -0.449 e. The molecule has 0 aliphatic carbocycles. The van der Waals surface area contributed by atoms with Gasteiger partial charge in [0, 0.05) is 16.5 Å². The second-order valence-electron chi connectivity index (χ2n) is 5.24. The third-order valence-corrected chi connectivity index (χ3v) is 2.90. The Morgan fingerprint density at radius 2 is 2.00 bits per heavy atom. The van der Waals surface area contributed by atoms with Gasteiger partial charge < -0.3 is 10.1 Å². The molecule has 0 aliphatic heterocycles. The van der Waals surface area contributed by atoms with E-state index in [0.717, 1.165) is 5.56 Å². The van der Waals surface area contributed by atoms with Crippen LogP contribution in [0.15, 0.2) is 24.3 Å². The molecule has 0 bridgehead atoms. The minimum atomic E-state index is -0.398. The number of carbonyl (C=O) groups is 1. The number of nitrogens with one attached hydrogen (secondary N) is 1. The zero-order valence-corrected chi connectivity index (χ0v) is 12.0. The molecule has 0 fully saturated rings. The molecule has 1 amide bonds. The third-order valence-electron chi connectivity index (χ3n) is 2.57. The van der Waals surface area contributed by atoms with E-state index in [1.807, 2.05) is 52.0 Å². The van der Waals surface area contributed by atoms with Crippen molar-refractivity contribution in [1.29, 1.82) is 0 Å². The Bertz CT molecular complexity index is 416. The number of carbonyl (C=O) groups excluding carboxylic acids is 1. The Labute approximate surface area is 113 Å². The van der Waals surface area contributed by atoms with Gasteiger partial charge in [-0.2, -0.15) is 0 Å². The largest absolute Gasteiger partial charge is 0.449 e. The molecule has 0 aliphatic rings. The van der Waals surface area contributed by atoms with Crippen molar-refractivity contribution >= 4 is 17.7 Å². The molecule has 1 rings (SSSR count). The van der Waals surface area contributed by atoms with E-state index in [4.69, 9.17) is 16.3 Å². The van der Waals surface area contributed by atoms with Gasteiger partial charge in [0.15, 0.2) is 0 Å². The Morgan fingerprint density at radius 3 is 2.56 bits per heavy atom. The zero-order chi connectivity index (χ0) is 13.8. The summed E-state index contributed by atoms with van der Waals surface area (Å²) >= 11 is 6.15. The van der Waals surface area contributed by atoms with Gasteiger partial charge in [-0.1, -0.05) is 43.6 Å². The van der Waals surface area contributed by atoms with Crippen LogP contribution in [-0.4, -0.2) is 18.7 Å². The normalized spacial score (nSPS) is 11.4. The lowest BCUT2D eigenvalue weighted by Crippen LogP contribution is -2.34. The molecule has 3 nitrogen and oxygen atoms in total. The first-order chi connectivity index (χ1) is 8.33. The Balaban J connectivity index is 2.65. The first kappa shape index (κ1) is 14.8. The summed E-state index contributed by atoms with van der Waals surface area (Å²) < 4.78 is 5.22. The second-order valence-corrected chi connectivity index (χ2v) is 5.65. The van der Waals surface area contributed by atoms with E-state index < -0.39 is 6.09 Å². The molecule has 0 saturated heterocycles. The summed E-state index contributed by atoms with van der Waals surface area (Å²) in [6, 6.07) is 7.67. The average molecular weight is 270 g/mol. The fraction of sp³-hybridized carbons (Fsp3) is 0.500. The lowest BCUT2D eigenvalue weighted by Gasteiger charge is -2.26. The average Bonchev–Trinajstić information content (AvgIpc) is 2.26. The molecular weight excluding hydrogens is 250 g/mol. The zero-order valence-electron chi connectivity index (χ0n) is 11.3. The molecule has 100 valence electrons. The van der Waals surface area contributed by atoms with E-state index in [1.165, 1.54) is 0 Å². The Kier molecular flexibility index (Phi) is 5.03. The molecular formula is C14H20ClNO2. The predicted molar refractivity (Wildman–Crippen MR) is 74.1 cm³/mol. The van der Waals surface area contributed by atoms with Crippen LogP contribution in [0.5, 0.6) is 0 Å². The number of hydrogen-bond donors (Lipinski definition) is 1. The van der Waals surface area contributed by atoms with Crippen LogP contribution < -0.4 is 5.32 Å². The van der Waals surface area contributed by atoms with Gasteiger partial charge in [0.2, 0.25) is 0 Å². The van der Waals surface area contributed by atoms with Crippen LogP contribution in [0.1, 0.15) is 33.3 Å². The van der Waals surface area contributed by atoms with Crippen molar-refractivity contribution in [1.82, 2.24) is 5.32 Å². The number of alkyl carbamates (subject to hydrolysis) is 1. The molecule has 18 heavy (non-hydrogen) atoms. The highest BCUT2D eigenvalue weighted by molar-refractivity contribution is 6.31. The summed E-state index contributed by atoms with van der Waals surface area (Å²) in [7, 11) is 0. The van der Waals surface area contributed by atoms with Crippen LogP contribution in [-0.2, 0) is 10.2 Å². The van der Waals surface area contributed by atoms with E-state index in [1.54, 1.807) is 0 Å². The van der Waals surface area contributed by atoms with Gasteiger partial charge in [-0.25, -0.2) is 4.79 Å². The summed E-state index contributed by atoms with van der Waals surface area (Å²) in [5.41, 5.74) is 0.663. The molecule has 1 aromatic carbocycles. The van der Waals surface area contributed by atoms with Crippen molar-refractivity contribution in [3.63, 3.8) is 0 Å². The molecule has 0 saturated carbocycles. The minimum absolute atomic E-state index is 0.0703. The van der Waals surface area contributed by atoms with Crippen LogP contribution in [0.3, 0.4) is 0 Å². The van der Waals surface area contributed by atoms with Crippen LogP contribution in [0.25, 0.3) is 0 Å². The first-order valence-electron chi connectivity index (χ1n) is 6.01. The van der Waals surface area contributed by atoms with Crippen LogP contribution in [0.2, 0.25) is 5.02 Å². The van der Waals surface area contributed by atoms with Crippen molar-refractivity contribution in [2.75, 3.05) is 6.61 Å². The Hall–Kier alpha value is -1.22. The van der Waals surface area contributed by atoms with E-state index in [-0.39, 0.29) is 18.1 Å². The molecule has 1 aromatic rings. The lowest BCUT2D eigenvalue weighted by atomic mass is 9.85. The maximum Gasteiger partial charge on any atom is 0.407 e. The molecule has 0 aromatic heterocycles. The van der Waals surface area contributed by atoms with Crippen LogP contribution in [0, 0.1) is 0 Å². The summed E-state index contributed by atoms with van der Waals surface area (Å²) in [4.78, 5) is 11.5. The van der Waals surface area contributed by atoms with E-state index >= 15 is 0 Å². The van der Waals surface area contributed by atoms with E-state index in [2.05, 4.69) is 5.32 Å². The highest BCUT2D eigenvalue weighted by atomic mass is 35.5. The maximum atomic E-state index is 11.5. The number of hydrogen-bond acceptors (Lipinski definition) is 2. The summed E-state index contributed by atoms with van der Waals surface area (Å²) in [6.45, 7) is 8.06. The molecule has 0 radical (unpaired) electrons. The van der Waals surface area contributed by atoms with Gasteiger partial charge in [0.05, 0.1) is 0 Å². The Morgan fingerprint density at radius 1 is 1.39 bits per heavy atom. The first-order valence-corrected chi connectivity index (χ1v) is 6.39. The van der Waals surface area contributed by atoms with Gasteiger partial charge in [-0.3, -0.25) is 0 Å². The van der Waals surface area contributed by atoms with Crippen LogP contribution >= 0.6 is 11.6 Å². The number of ether oxygens (including phenoxy) is 1. The highest BCUT2D eigenvalue weighted by Gasteiger charge is 2.25. The van der Waals surface area contributed by atoms with Gasteiger partial charge in [-0.15, -0.1) is 0 Å². The maximum absolute atomic E-state index is 11.5. The quantitative estimate of drug-likeness (QED) is 0.904. The van der Waals surface area contributed by atoms with Crippen molar-refractivity contribution < 1.29 is 9.53 Å². The summed E-state index contributed by atoms with van der Waals surface area (Å²) in [5.74, 6) is 0. The van der Waals surface area contributed by atoms with Crippen molar-refractivity contribution in [2.45, 2.75) is 39.2 Å².